The van der Waals surface area contributed by atoms with Gasteiger partial charge in [-0.3, -0.25) is 4.90 Å². The molecule has 1 aromatic heterocycles. The van der Waals surface area contributed by atoms with E-state index in [4.69, 9.17) is 25.8 Å². The quantitative estimate of drug-likeness (QED) is 0.309. The largest absolute Gasteiger partial charge is 0.493 e. The van der Waals surface area contributed by atoms with Crippen molar-refractivity contribution in [1.82, 2.24) is 19.6 Å². The topological polar surface area (TPSA) is 115 Å². The molecule has 0 unspecified atom stereocenters. The molecule has 0 bridgehead atoms. The first-order valence-corrected chi connectivity index (χ1v) is 16.2. The summed E-state index contributed by atoms with van der Waals surface area (Å²) in [7, 11) is -1.84. The molecule has 0 amide bonds. The Morgan fingerprint density at radius 2 is 1.90 bits per heavy atom. The Balaban J connectivity index is 1.22. The number of benzene rings is 2. The highest BCUT2D eigenvalue weighted by Crippen LogP contribution is 2.38. The molecule has 1 saturated carbocycles. The molecule has 42 heavy (non-hydrogen) atoms. The van der Waals surface area contributed by atoms with Crippen molar-refractivity contribution in [3.63, 3.8) is 0 Å². The highest BCUT2D eigenvalue weighted by Gasteiger charge is 2.35. The minimum atomic E-state index is -3.41. The van der Waals surface area contributed by atoms with Crippen LogP contribution in [0.2, 0.25) is 5.02 Å². The van der Waals surface area contributed by atoms with E-state index in [1.807, 2.05) is 13.0 Å². The average molecular weight is 622 g/mol. The van der Waals surface area contributed by atoms with E-state index in [9.17, 15) is 12.8 Å². The van der Waals surface area contributed by atoms with Gasteiger partial charge in [-0.2, -0.15) is 0 Å². The number of halogens is 2. The molecular formula is C29H37ClFN5O5S. The number of nitrogens with one attached hydrogen (secondary N) is 2. The van der Waals surface area contributed by atoms with Gasteiger partial charge in [-0.1, -0.05) is 11.6 Å². The molecule has 10 nitrogen and oxygen atoms in total. The van der Waals surface area contributed by atoms with E-state index in [0.717, 1.165) is 19.6 Å². The summed E-state index contributed by atoms with van der Waals surface area (Å²) >= 11 is 5.95. The first-order chi connectivity index (χ1) is 20.1. The Morgan fingerprint density at radius 3 is 2.62 bits per heavy atom. The van der Waals surface area contributed by atoms with Crippen LogP contribution in [0.5, 0.6) is 11.5 Å². The van der Waals surface area contributed by atoms with E-state index in [-0.39, 0.29) is 16.9 Å². The van der Waals surface area contributed by atoms with Crippen LogP contribution in [0.25, 0.3) is 10.9 Å². The van der Waals surface area contributed by atoms with Crippen molar-refractivity contribution < 1.29 is 27.0 Å². The molecule has 0 spiro atoms. The molecule has 3 aromatic rings. The summed E-state index contributed by atoms with van der Waals surface area (Å²) in [5.41, 5.74) is 0.700. The maximum atomic E-state index is 13.6. The number of rotatable bonds is 11. The smallest absolute Gasteiger partial charge is 0.212 e. The Kier molecular flexibility index (Phi) is 9.68. The molecule has 1 aliphatic heterocycles. The van der Waals surface area contributed by atoms with Gasteiger partial charge in [0.25, 0.3) is 0 Å². The summed E-state index contributed by atoms with van der Waals surface area (Å²) in [4.78, 5) is 11.0. The summed E-state index contributed by atoms with van der Waals surface area (Å²) in [6.45, 7) is 5.83. The molecule has 2 heterocycles. The fourth-order valence-corrected chi connectivity index (χ4v) is 7.23. The first kappa shape index (κ1) is 30.7. The number of aromatic nitrogens is 2. The molecule has 1 saturated heterocycles. The molecule has 2 aliphatic rings. The SMILES string of the molecule is COc1cc2ncnc(Nc3ccc(F)c(Cl)c3)c2cc1OC1CCC(C)(NS(=O)(=O)CCCN2CCOCC2)CC1. The molecule has 2 N–H and O–H groups in total. The number of hydrogen-bond donors (Lipinski definition) is 2. The lowest BCUT2D eigenvalue weighted by molar-refractivity contribution is 0.0380. The van der Waals surface area contributed by atoms with E-state index >= 15 is 0 Å². The van der Waals surface area contributed by atoms with Crippen LogP contribution in [0.4, 0.5) is 15.9 Å². The van der Waals surface area contributed by atoms with Crippen LogP contribution in [-0.2, 0) is 14.8 Å². The summed E-state index contributed by atoms with van der Waals surface area (Å²) in [5, 5.41) is 3.87. The molecule has 1 aliphatic carbocycles. The second kappa shape index (κ2) is 13.3. The third-order valence-electron chi connectivity index (χ3n) is 7.83. The summed E-state index contributed by atoms with van der Waals surface area (Å²) in [6.07, 6.45) is 4.56. The van der Waals surface area contributed by atoms with E-state index < -0.39 is 21.4 Å². The average Bonchev–Trinajstić information content (AvgIpc) is 2.96. The number of anilines is 2. The lowest BCUT2D eigenvalue weighted by atomic mass is 9.83. The zero-order valence-corrected chi connectivity index (χ0v) is 25.4. The number of methoxy groups -OCH3 is 1. The number of fused-ring (bicyclic) bond motifs is 1. The summed E-state index contributed by atoms with van der Waals surface area (Å²) in [5.74, 6) is 1.19. The van der Waals surface area contributed by atoms with E-state index in [2.05, 4.69) is 24.9 Å². The standard InChI is InChI=1S/C29H37ClFN5O5S/c1-29(35-42(37,38)15-3-10-36-11-13-40-14-12-36)8-6-21(7-9-29)41-27-17-22-25(18-26(27)39-2)32-19-33-28(22)34-20-4-5-24(31)23(30)16-20/h4-5,16-19,21,35H,3,6-15H2,1-2H3,(H,32,33,34). The highest BCUT2D eigenvalue weighted by molar-refractivity contribution is 7.89. The second-order valence-electron chi connectivity index (χ2n) is 11.1. The Hall–Kier alpha value is -2.77. The third-order valence-corrected chi connectivity index (χ3v) is 9.75. The maximum absolute atomic E-state index is 13.6. The minimum absolute atomic E-state index is 0.00336. The van der Waals surface area contributed by atoms with Gasteiger partial charge < -0.3 is 19.5 Å². The molecular weight excluding hydrogens is 585 g/mol. The lowest BCUT2D eigenvalue weighted by Gasteiger charge is -2.38. The van der Waals surface area contributed by atoms with Gasteiger partial charge in [0, 0.05) is 35.8 Å². The zero-order valence-electron chi connectivity index (χ0n) is 23.9. The number of ether oxygens (including phenoxy) is 3. The van der Waals surface area contributed by atoms with Crippen LogP contribution < -0.4 is 19.5 Å². The van der Waals surface area contributed by atoms with Gasteiger partial charge in [0.2, 0.25) is 10.0 Å². The van der Waals surface area contributed by atoms with Crippen molar-refractivity contribution in [2.45, 2.75) is 50.7 Å². The first-order valence-electron chi connectivity index (χ1n) is 14.2. The number of sulfonamides is 1. The molecule has 13 heteroatoms. The van der Waals surface area contributed by atoms with Crippen molar-refractivity contribution in [1.29, 1.82) is 0 Å². The van der Waals surface area contributed by atoms with Crippen LogP contribution in [0.15, 0.2) is 36.7 Å². The fraction of sp³-hybridized carbons (Fsp3) is 0.517. The number of hydrogen-bond acceptors (Lipinski definition) is 9. The van der Waals surface area contributed by atoms with Crippen LogP contribution in [-0.4, -0.2) is 80.6 Å². The molecule has 2 fully saturated rings. The Labute approximate surface area is 251 Å². The normalized spacial score (nSPS) is 21.8. The van der Waals surface area contributed by atoms with Crippen molar-refractivity contribution in [2.75, 3.05) is 51.0 Å². The predicted octanol–water partition coefficient (Wildman–Crippen LogP) is 4.90. The number of nitrogens with zero attached hydrogens (tertiary/aromatic N) is 3. The van der Waals surface area contributed by atoms with Crippen LogP contribution in [0.3, 0.4) is 0 Å². The van der Waals surface area contributed by atoms with Crippen molar-refractivity contribution >= 4 is 44.0 Å². The van der Waals surface area contributed by atoms with E-state index in [0.29, 0.717) is 79.2 Å². The van der Waals surface area contributed by atoms with Gasteiger partial charge in [0.05, 0.1) is 42.7 Å². The van der Waals surface area contributed by atoms with Crippen LogP contribution in [0.1, 0.15) is 39.0 Å². The summed E-state index contributed by atoms with van der Waals surface area (Å²) in [6, 6.07) is 7.96. The van der Waals surface area contributed by atoms with Gasteiger partial charge >= 0.3 is 0 Å². The molecule has 2 aromatic carbocycles. The Morgan fingerprint density at radius 1 is 1.14 bits per heavy atom. The number of morpholine rings is 1. The van der Waals surface area contributed by atoms with Gasteiger partial charge in [-0.05, 0) is 69.8 Å². The highest BCUT2D eigenvalue weighted by atomic mass is 35.5. The third kappa shape index (κ3) is 7.78. The Bertz CT molecular complexity index is 1500. The second-order valence-corrected chi connectivity index (χ2v) is 13.4. The minimum Gasteiger partial charge on any atom is -0.493 e. The van der Waals surface area contributed by atoms with Gasteiger partial charge in [0.15, 0.2) is 11.5 Å². The van der Waals surface area contributed by atoms with Crippen LogP contribution in [0, 0.1) is 5.82 Å². The van der Waals surface area contributed by atoms with Crippen LogP contribution >= 0.6 is 11.6 Å². The van der Waals surface area contributed by atoms with Gasteiger partial charge in [0.1, 0.15) is 18.0 Å². The molecule has 5 rings (SSSR count). The van der Waals surface area contributed by atoms with Crippen molar-refractivity contribution in [2.24, 2.45) is 0 Å². The van der Waals surface area contributed by atoms with E-state index in [1.165, 1.54) is 18.5 Å². The molecule has 0 atom stereocenters. The fourth-order valence-electron chi connectivity index (χ4n) is 5.48. The zero-order chi connectivity index (χ0) is 29.7. The van der Waals surface area contributed by atoms with Crippen molar-refractivity contribution in [3.05, 3.63) is 47.5 Å². The molecule has 0 radical (unpaired) electrons. The monoisotopic (exact) mass is 621 g/mol. The molecule has 228 valence electrons. The van der Waals surface area contributed by atoms with Gasteiger partial charge in [-0.25, -0.2) is 27.5 Å². The van der Waals surface area contributed by atoms with Gasteiger partial charge in [-0.15, -0.1) is 0 Å². The predicted molar refractivity (Wildman–Crippen MR) is 161 cm³/mol. The van der Waals surface area contributed by atoms with Crippen molar-refractivity contribution in [3.8, 4) is 11.5 Å². The maximum Gasteiger partial charge on any atom is 0.212 e. The van der Waals surface area contributed by atoms with E-state index in [1.54, 1.807) is 19.2 Å². The lowest BCUT2D eigenvalue weighted by Crippen LogP contribution is -2.50. The summed E-state index contributed by atoms with van der Waals surface area (Å²) < 4.78 is 59.7.